The third-order valence-electron chi connectivity index (χ3n) is 5.07. The molecule has 1 unspecified atom stereocenters. The Morgan fingerprint density at radius 1 is 0.714 bits per heavy atom. The summed E-state index contributed by atoms with van der Waals surface area (Å²) in [4.78, 5) is 2.21. The Bertz CT molecular complexity index is 1000. The van der Waals surface area contributed by atoms with E-state index in [2.05, 4.69) is 116 Å². The summed E-state index contributed by atoms with van der Waals surface area (Å²) < 4.78 is 0. The molecule has 0 amide bonds. The van der Waals surface area contributed by atoms with Crippen molar-refractivity contribution in [3.05, 3.63) is 102 Å². The van der Waals surface area contributed by atoms with Crippen molar-refractivity contribution < 1.29 is 0 Å². The van der Waals surface area contributed by atoms with Crippen molar-refractivity contribution >= 4 is 24.2 Å². The number of anilines is 1. The summed E-state index contributed by atoms with van der Waals surface area (Å²) in [5, 5.41) is 4.29. The average molecular weight is 383 g/mol. The number of para-hydroxylation sites is 1. The second kappa shape index (κ2) is 8.59. The molecule has 0 spiro atoms. The zero-order chi connectivity index (χ0) is 19.3. The highest BCUT2D eigenvalue weighted by Gasteiger charge is 2.22. The van der Waals surface area contributed by atoms with Crippen LogP contribution in [0, 0.1) is 0 Å². The molecule has 0 saturated carbocycles. The molecular weight excluding hydrogens is 357 g/mol. The minimum atomic E-state index is -0.589. The van der Waals surface area contributed by atoms with Crippen LogP contribution in [-0.2, 0) is 0 Å². The Balaban J connectivity index is 1.92. The summed E-state index contributed by atoms with van der Waals surface area (Å²) >= 11 is 0. The topological polar surface area (TPSA) is 3.24 Å². The lowest BCUT2D eigenvalue weighted by Crippen LogP contribution is -2.17. The quantitative estimate of drug-likeness (QED) is 0.482. The Kier molecular flexibility index (Phi) is 5.74. The van der Waals surface area contributed by atoms with E-state index in [0.29, 0.717) is 0 Å². The van der Waals surface area contributed by atoms with Gasteiger partial charge in [-0.1, -0.05) is 91.0 Å². The first-order chi connectivity index (χ1) is 13.8. The molecule has 28 heavy (non-hydrogen) atoms. The van der Waals surface area contributed by atoms with Crippen molar-refractivity contribution in [1.82, 2.24) is 0 Å². The van der Waals surface area contributed by atoms with Gasteiger partial charge in [-0.25, -0.2) is 0 Å². The maximum Gasteiger partial charge on any atom is 0.0440 e. The highest BCUT2D eigenvalue weighted by atomic mass is 31.1. The van der Waals surface area contributed by atoms with E-state index in [0.717, 1.165) is 12.8 Å². The van der Waals surface area contributed by atoms with Crippen molar-refractivity contribution in [3.8, 4) is 11.1 Å². The van der Waals surface area contributed by atoms with Crippen molar-refractivity contribution in [2.75, 3.05) is 19.0 Å². The van der Waals surface area contributed by atoms with Gasteiger partial charge in [0.1, 0.15) is 0 Å². The Hall–Kier alpha value is -2.63. The van der Waals surface area contributed by atoms with E-state index in [9.17, 15) is 0 Å². The van der Waals surface area contributed by atoms with Crippen LogP contribution >= 0.6 is 7.92 Å². The smallest absolute Gasteiger partial charge is 0.0440 e. The molecule has 3 aromatic rings. The summed E-state index contributed by atoms with van der Waals surface area (Å²) in [5.41, 5.74) is 3.89. The van der Waals surface area contributed by atoms with Gasteiger partial charge in [0, 0.05) is 25.3 Å². The van der Waals surface area contributed by atoms with Crippen LogP contribution in [-0.4, -0.2) is 14.1 Å². The zero-order valence-corrected chi connectivity index (χ0v) is 17.4. The van der Waals surface area contributed by atoms with Crippen molar-refractivity contribution in [2.24, 2.45) is 0 Å². The van der Waals surface area contributed by atoms with Crippen LogP contribution in [0.2, 0.25) is 0 Å². The standard InChI is InChI=1S/C26H26NP/c1-27(2)25-19-11-9-17-23(25)24-18-10-12-20-26(24)28(21-13-5-3-6-14-21)22-15-7-4-8-16-22/h3,5-7,9-20H,4,8H2,1-2H3. The Morgan fingerprint density at radius 3 is 2.11 bits per heavy atom. The largest absolute Gasteiger partial charge is 0.377 e. The van der Waals surface area contributed by atoms with Crippen LogP contribution in [0.15, 0.2) is 102 Å². The number of hydrogen-bond acceptors (Lipinski definition) is 1. The maximum atomic E-state index is 2.44. The fourth-order valence-corrected chi connectivity index (χ4v) is 6.32. The molecule has 1 nitrogen and oxygen atoms in total. The lowest BCUT2D eigenvalue weighted by Gasteiger charge is -2.26. The highest BCUT2D eigenvalue weighted by molar-refractivity contribution is 7.77. The van der Waals surface area contributed by atoms with E-state index >= 15 is 0 Å². The minimum Gasteiger partial charge on any atom is -0.377 e. The molecule has 0 aromatic heterocycles. The third-order valence-corrected chi connectivity index (χ3v) is 7.60. The summed E-state index contributed by atoms with van der Waals surface area (Å²) in [6, 6.07) is 28.7. The van der Waals surface area contributed by atoms with Crippen LogP contribution < -0.4 is 15.5 Å². The van der Waals surface area contributed by atoms with E-state index in [4.69, 9.17) is 0 Å². The minimum absolute atomic E-state index is 0.589. The second-order valence-electron chi connectivity index (χ2n) is 7.21. The summed E-state index contributed by atoms with van der Waals surface area (Å²) in [7, 11) is 3.65. The molecule has 0 N–H and O–H groups in total. The second-order valence-corrected chi connectivity index (χ2v) is 9.39. The molecule has 4 rings (SSSR count). The molecule has 0 saturated heterocycles. The van der Waals surface area contributed by atoms with Crippen LogP contribution in [0.5, 0.6) is 0 Å². The van der Waals surface area contributed by atoms with E-state index in [1.807, 2.05) is 0 Å². The summed E-state index contributed by atoms with van der Waals surface area (Å²) in [6.45, 7) is 0. The number of nitrogens with zero attached hydrogens (tertiary/aromatic N) is 1. The van der Waals surface area contributed by atoms with E-state index < -0.39 is 7.92 Å². The average Bonchev–Trinajstić information content (AvgIpc) is 2.76. The SMILES string of the molecule is CN(C)c1ccccc1-c1ccccc1P(C1=CCCC=C1)c1ccccc1. The Morgan fingerprint density at radius 2 is 1.39 bits per heavy atom. The van der Waals surface area contributed by atoms with Crippen LogP contribution in [0.3, 0.4) is 0 Å². The van der Waals surface area contributed by atoms with Gasteiger partial charge in [0.05, 0.1) is 0 Å². The van der Waals surface area contributed by atoms with Gasteiger partial charge in [-0.2, -0.15) is 0 Å². The molecule has 0 radical (unpaired) electrons. The first-order valence-corrected chi connectivity index (χ1v) is 11.2. The summed E-state index contributed by atoms with van der Waals surface area (Å²) in [5.74, 6) is 0. The van der Waals surface area contributed by atoms with Crippen LogP contribution in [0.4, 0.5) is 5.69 Å². The molecule has 1 atom stereocenters. The normalized spacial score (nSPS) is 14.4. The lowest BCUT2D eigenvalue weighted by molar-refractivity contribution is 1.03. The van der Waals surface area contributed by atoms with Gasteiger partial charge in [-0.05, 0) is 48.3 Å². The molecule has 0 heterocycles. The first kappa shape index (κ1) is 18.7. The molecule has 1 aliphatic rings. The monoisotopic (exact) mass is 383 g/mol. The summed E-state index contributed by atoms with van der Waals surface area (Å²) in [6.07, 6.45) is 9.38. The van der Waals surface area contributed by atoms with E-state index in [-0.39, 0.29) is 0 Å². The molecular formula is C26H26NP. The predicted molar refractivity (Wildman–Crippen MR) is 125 cm³/mol. The molecule has 0 fully saturated rings. The number of benzene rings is 3. The lowest BCUT2D eigenvalue weighted by atomic mass is 10.0. The maximum absolute atomic E-state index is 2.44. The van der Waals surface area contributed by atoms with Crippen molar-refractivity contribution in [3.63, 3.8) is 0 Å². The van der Waals surface area contributed by atoms with Gasteiger partial charge < -0.3 is 4.90 Å². The molecule has 3 aromatic carbocycles. The highest BCUT2D eigenvalue weighted by Crippen LogP contribution is 2.47. The van der Waals surface area contributed by atoms with Gasteiger partial charge in [-0.15, -0.1) is 0 Å². The van der Waals surface area contributed by atoms with Crippen LogP contribution in [0.1, 0.15) is 12.8 Å². The predicted octanol–water partition coefficient (Wildman–Crippen LogP) is 6.09. The molecule has 2 heteroatoms. The van der Waals surface area contributed by atoms with Crippen molar-refractivity contribution in [1.29, 1.82) is 0 Å². The molecule has 0 aliphatic heterocycles. The first-order valence-electron chi connectivity index (χ1n) is 9.83. The fraction of sp³-hybridized carbons (Fsp3) is 0.154. The van der Waals surface area contributed by atoms with Crippen molar-refractivity contribution in [2.45, 2.75) is 12.8 Å². The van der Waals surface area contributed by atoms with Gasteiger partial charge in [-0.3, -0.25) is 0 Å². The van der Waals surface area contributed by atoms with E-state index in [1.165, 1.54) is 32.7 Å². The van der Waals surface area contributed by atoms with Gasteiger partial charge in [0.25, 0.3) is 0 Å². The molecule has 0 bridgehead atoms. The van der Waals surface area contributed by atoms with E-state index in [1.54, 1.807) is 0 Å². The number of hydrogen-bond donors (Lipinski definition) is 0. The van der Waals surface area contributed by atoms with Gasteiger partial charge in [0.2, 0.25) is 0 Å². The molecule has 1 aliphatic carbocycles. The third kappa shape index (κ3) is 3.81. The zero-order valence-electron chi connectivity index (χ0n) is 16.5. The molecule has 140 valence electrons. The number of allylic oxidation sites excluding steroid dienone is 4. The van der Waals surface area contributed by atoms with Gasteiger partial charge in [0.15, 0.2) is 0 Å². The van der Waals surface area contributed by atoms with Crippen LogP contribution in [0.25, 0.3) is 11.1 Å². The van der Waals surface area contributed by atoms with Gasteiger partial charge >= 0.3 is 0 Å². The number of rotatable bonds is 5. The Labute approximate surface area is 169 Å². The fourth-order valence-electron chi connectivity index (χ4n) is 3.76.